The Morgan fingerprint density at radius 2 is 2.17 bits per heavy atom. The van der Waals surface area contributed by atoms with Gasteiger partial charge in [0.05, 0.1) is 11.1 Å². The number of ether oxygens (including phenoxy) is 1. The van der Waals surface area contributed by atoms with Crippen LogP contribution in [0.25, 0.3) is 0 Å². The number of rotatable bonds is 7. The predicted octanol–water partition coefficient (Wildman–Crippen LogP) is 4.13. The summed E-state index contributed by atoms with van der Waals surface area (Å²) in [6, 6.07) is 6.99. The van der Waals surface area contributed by atoms with E-state index in [0.29, 0.717) is 5.92 Å². The van der Waals surface area contributed by atoms with Crippen LogP contribution in [0, 0.1) is 5.92 Å². The fourth-order valence-electron chi connectivity index (χ4n) is 1.79. The number of benzene rings is 1. The van der Waals surface area contributed by atoms with Crippen molar-refractivity contribution in [1.29, 1.82) is 0 Å². The number of nitrogens with one attached hydrogen (secondary N) is 1. The van der Waals surface area contributed by atoms with Gasteiger partial charge in [0, 0.05) is 18.2 Å². The van der Waals surface area contributed by atoms with Gasteiger partial charge < -0.3 is 10.1 Å². The fraction of sp³-hybridized carbons (Fsp3) is 0.600. The lowest BCUT2D eigenvalue weighted by molar-refractivity contribution is 0.284. The zero-order valence-electron chi connectivity index (χ0n) is 11.2. The van der Waals surface area contributed by atoms with Crippen LogP contribution in [-0.2, 0) is 6.54 Å². The molecule has 0 unspecified atom stereocenters. The summed E-state index contributed by atoms with van der Waals surface area (Å²) in [6.07, 6.45) is 3.73. The smallest absolute Gasteiger partial charge is 0.137 e. The van der Waals surface area contributed by atoms with Crippen molar-refractivity contribution in [2.24, 2.45) is 5.92 Å². The number of para-hydroxylation sites is 1. The highest BCUT2D eigenvalue weighted by molar-refractivity contribution is 9.10. The zero-order valence-corrected chi connectivity index (χ0v) is 12.8. The first-order valence-corrected chi connectivity index (χ1v) is 7.59. The largest absolute Gasteiger partial charge is 0.492 e. The molecule has 1 aliphatic carbocycles. The van der Waals surface area contributed by atoms with Crippen LogP contribution in [0.2, 0.25) is 0 Å². The third-order valence-corrected chi connectivity index (χ3v) is 3.77. The molecule has 1 aromatic carbocycles. The maximum atomic E-state index is 5.94. The van der Waals surface area contributed by atoms with Gasteiger partial charge in [-0.15, -0.1) is 0 Å². The topological polar surface area (TPSA) is 21.3 Å². The van der Waals surface area contributed by atoms with Gasteiger partial charge in [-0.25, -0.2) is 0 Å². The Bertz CT molecular complexity index is 388. The van der Waals surface area contributed by atoms with Gasteiger partial charge in [-0.1, -0.05) is 26.0 Å². The lowest BCUT2D eigenvalue weighted by Gasteiger charge is -2.14. The maximum Gasteiger partial charge on any atom is 0.137 e. The molecule has 1 aromatic rings. The van der Waals surface area contributed by atoms with E-state index in [2.05, 4.69) is 47.2 Å². The minimum absolute atomic E-state index is 0.681. The molecular formula is C15H22BrNO. The molecule has 1 N–H and O–H groups in total. The SMILES string of the molecule is CC(C)CCOc1c(Br)cccc1CNC1CC1. The van der Waals surface area contributed by atoms with Gasteiger partial charge >= 0.3 is 0 Å². The molecule has 1 saturated carbocycles. The standard InChI is InChI=1S/C15H22BrNO/c1-11(2)8-9-18-15-12(4-3-5-14(15)16)10-17-13-6-7-13/h3-5,11,13,17H,6-10H2,1-2H3. The molecule has 100 valence electrons. The van der Waals surface area contributed by atoms with Crippen LogP contribution in [0.1, 0.15) is 38.7 Å². The predicted molar refractivity (Wildman–Crippen MR) is 79.0 cm³/mol. The van der Waals surface area contributed by atoms with Crippen molar-refractivity contribution < 1.29 is 4.74 Å². The second kappa shape index (κ2) is 6.58. The molecule has 0 saturated heterocycles. The van der Waals surface area contributed by atoms with Gasteiger partial charge in [-0.2, -0.15) is 0 Å². The minimum Gasteiger partial charge on any atom is -0.492 e. The minimum atomic E-state index is 0.681. The van der Waals surface area contributed by atoms with E-state index in [1.807, 2.05) is 6.07 Å². The van der Waals surface area contributed by atoms with Crippen LogP contribution in [0.3, 0.4) is 0 Å². The van der Waals surface area contributed by atoms with Gasteiger partial charge in [-0.3, -0.25) is 0 Å². The third-order valence-electron chi connectivity index (χ3n) is 3.15. The molecule has 18 heavy (non-hydrogen) atoms. The molecule has 2 rings (SSSR count). The van der Waals surface area contributed by atoms with Crippen LogP contribution in [0.4, 0.5) is 0 Å². The highest BCUT2D eigenvalue weighted by atomic mass is 79.9. The van der Waals surface area contributed by atoms with E-state index in [1.54, 1.807) is 0 Å². The van der Waals surface area contributed by atoms with E-state index >= 15 is 0 Å². The van der Waals surface area contributed by atoms with Crippen molar-refractivity contribution in [3.8, 4) is 5.75 Å². The first-order valence-electron chi connectivity index (χ1n) is 6.80. The van der Waals surface area contributed by atoms with Crippen molar-refractivity contribution in [2.75, 3.05) is 6.61 Å². The average molecular weight is 312 g/mol. The normalized spacial score (nSPS) is 15.1. The van der Waals surface area contributed by atoms with E-state index < -0.39 is 0 Å². The summed E-state index contributed by atoms with van der Waals surface area (Å²) in [4.78, 5) is 0. The van der Waals surface area contributed by atoms with Crippen molar-refractivity contribution in [3.63, 3.8) is 0 Å². The third kappa shape index (κ3) is 4.29. The second-order valence-electron chi connectivity index (χ2n) is 5.41. The van der Waals surface area contributed by atoms with Gasteiger partial charge in [0.15, 0.2) is 0 Å². The number of hydrogen-bond donors (Lipinski definition) is 1. The van der Waals surface area contributed by atoms with Gasteiger partial charge in [0.2, 0.25) is 0 Å². The van der Waals surface area contributed by atoms with E-state index in [4.69, 9.17) is 4.74 Å². The van der Waals surface area contributed by atoms with E-state index in [0.717, 1.165) is 35.8 Å². The highest BCUT2D eigenvalue weighted by Crippen LogP contribution is 2.30. The van der Waals surface area contributed by atoms with Gasteiger partial charge in [0.25, 0.3) is 0 Å². The molecule has 0 aliphatic heterocycles. The molecule has 0 heterocycles. The monoisotopic (exact) mass is 311 g/mol. The van der Waals surface area contributed by atoms with Crippen molar-refractivity contribution in [3.05, 3.63) is 28.2 Å². The summed E-state index contributed by atoms with van der Waals surface area (Å²) in [7, 11) is 0. The summed E-state index contributed by atoms with van der Waals surface area (Å²) in [5.74, 6) is 1.69. The van der Waals surface area contributed by atoms with Gasteiger partial charge in [-0.05, 0) is 47.2 Å². The summed E-state index contributed by atoms with van der Waals surface area (Å²) >= 11 is 3.58. The van der Waals surface area contributed by atoms with Crippen LogP contribution < -0.4 is 10.1 Å². The Kier molecular flexibility index (Phi) is 5.07. The summed E-state index contributed by atoms with van der Waals surface area (Å²) in [5.41, 5.74) is 1.25. The Labute approximate surface area is 118 Å². The van der Waals surface area contributed by atoms with Crippen molar-refractivity contribution in [1.82, 2.24) is 5.32 Å². The molecule has 1 aliphatic rings. The molecule has 0 radical (unpaired) electrons. The second-order valence-corrected chi connectivity index (χ2v) is 6.27. The quantitative estimate of drug-likeness (QED) is 0.817. The number of hydrogen-bond acceptors (Lipinski definition) is 2. The van der Waals surface area contributed by atoms with Crippen LogP contribution >= 0.6 is 15.9 Å². The molecule has 2 nitrogen and oxygen atoms in total. The Morgan fingerprint density at radius 3 is 2.83 bits per heavy atom. The Hall–Kier alpha value is -0.540. The summed E-state index contributed by atoms with van der Waals surface area (Å²) in [5, 5.41) is 3.54. The maximum absolute atomic E-state index is 5.94. The van der Waals surface area contributed by atoms with Gasteiger partial charge in [0.1, 0.15) is 5.75 Å². The molecule has 0 amide bonds. The molecule has 1 fully saturated rings. The summed E-state index contributed by atoms with van der Waals surface area (Å²) < 4.78 is 7.00. The molecule has 0 atom stereocenters. The van der Waals surface area contributed by atoms with Crippen LogP contribution in [0.5, 0.6) is 5.75 Å². The molecule has 0 bridgehead atoms. The Morgan fingerprint density at radius 1 is 1.39 bits per heavy atom. The van der Waals surface area contributed by atoms with Crippen molar-refractivity contribution in [2.45, 2.75) is 45.7 Å². The molecule has 0 aromatic heterocycles. The van der Waals surface area contributed by atoms with Crippen molar-refractivity contribution >= 4 is 15.9 Å². The molecule has 3 heteroatoms. The lowest BCUT2D eigenvalue weighted by atomic mass is 10.1. The first kappa shape index (κ1) is 13.9. The Balaban J connectivity index is 1.95. The molecular weight excluding hydrogens is 290 g/mol. The first-order chi connectivity index (χ1) is 8.66. The zero-order chi connectivity index (χ0) is 13.0. The lowest BCUT2D eigenvalue weighted by Crippen LogP contribution is -2.16. The van der Waals surface area contributed by atoms with E-state index in [-0.39, 0.29) is 0 Å². The van der Waals surface area contributed by atoms with Crippen LogP contribution in [-0.4, -0.2) is 12.6 Å². The molecule has 0 spiro atoms. The highest BCUT2D eigenvalue weighted by Gasteiger charge is 2.20. The van der Waals surface area contributed by atoms with Crippen LogP contribution in [0.15, 0.2) is 22.7 Å². The van der Waals surface area contributed by atoms with E-state index in [1.165, 1.54) is 18.4 Å². The fourth-order valence-corrected chi connectivity index (χ4v) is 2.31. The average Bonchev–Trinajstić information content (AvgIpc) is 3.12. The van der Waals surface area contributed by atoms with E-state index in [9.17, 15) is 0 Å². The summed E-state index contributed by atoms with van der Waals surface area (Å²) in [6.45, 7) is 6.13. The number of halogens is 1.